The molecule has 2 rings (SSSR count). The fourth-order valence-corrected chi connectivity index (χ4v) is 2.31. The molecule has 1 fully saturated rings. The first-order valence-electron chi connectivity index (χ1n) is 6.73. The molecule has 1 aromatic carbocycles. The molecular formula is C14H17ClF4N2O. The van der Waals surface area contributed by atoms with Gasteiger partial charge in [0.15, 0.2) is 0 Å². The maximum absolute atomic E-state index is 13.5. The Kier molecular flexibility index (Phi) is 6.62. The minimum Gasteiger partial charge on any atom is -0.324 e. The number of amides is 1. The van der Waals surface area contributed by atoms with Crippen LogP contribution in [0.25, 0.3) is 0 Å². The van der Waals surface area contributed by atoms with Crippen LogP contribution >= 0.6 is 12.4 Å². The van der Waals surface area contributed by atoms with E-state index in [4.69, 9.17) is 0 Å². The highest BCUT2D eigenvalue weighted by molar-refractivity contribution is 5.90. The summed E-state index contributed by atoms with van der Waals surface area (Å²) in [7, 11) is 0. The largest absolute Gasteiger partial charge is 0.416 e. The lowest BCUT2D eigenvalue weighted by Crippen LogP contribution is -2.16. The summed E-state index contributed by atoms with van der Waals surface area (Å²) in [6, 6.07) is 1.97. The topological polar surface area (TPSA) is 41.1 Å². The minimum atomic E-state index is -4.57. The maximum atomic E-state index is 13.5. The Hall–Kier alpha value is -1.34. The summed E-state index contributed by atoms with van der Waals surface area (Å²) < 4.78 is 51.1. The average Bonchev–Trinajstić information content (AvgIpc) is 2.91. The Balaban J connectivity index is 0.00000242. The molecule has 0 bridgehead atoms. The van der Waals surface area contributed by atoms with Gasteiger partial charge in [0.25, 0.3) is 0 Å². The van der Waals surface area contributed by atoms with Crippen molar-refractivity contribution in [3.05, 3.63) is 29.6 Å². The molecule has 1 aliphatic heterocycles. The second-order valence-electron chi connectivity index (χ2n) is 5.14. The zero-order valence-electron chi connectivity index (χ0n) is 11.7. The first kappa shape index (κ1) is 18.7. The molecule has 0 spiro atoms. The highest BCUT2D eigenvalue weighted by Crippen LogP contribution is 2.31. The number of anilines is 1. The van der Waals surface area contributed by atoms with Gasteiger partial charge in [-0.25, -0.2) is 4.39 Å². The Morgan fingerprint density at radius 1 is 1.36 bits per heavy atom. The summed E-state index contributed by atoms with van der Waals surface area (Å²) in [5.74, 6) is -0.957. The van der Waals surface area contributed by atoms with Crippen LogP contribution in [0.5, 0.6) is 0 Å². The van der Waals surface area contributed by atoms with Gasteiger partial charge in [0.1, 0.15) is 5.82 Å². The number of hydrogen-bond donors (Lipinski definition) is 2. The van der Waals surface area contributed by atoms with E-state index < -0.39 is 29.2 Å². The molecule has 2 N–H and O–H groups in total. The predicted octanol–water partition coefficient (Wildman–Crippen LogP) is 3.59. The van der Waals surface area contributed by atoms with E-state index in [9.17, 15) is 22.4 Å². The van der Waals surface area contributed by atoms with E-state index in [0.29, 0.717) is 30.5 Å². The van der Waals surface area contributed by atoms with Crippen molar-refractivity contribution in [3.63, 3.8) is 0 Å². The van der Waals surface area contributed by atoms with Crippen molar-refractivity contribution in [1.29, 1.82) is 0 Å². The zero-order valence-corrected chi connectivity index (χ0v) is 12.5. The van der Waals surface area contributed by atoms with E-state index in [1.807, 2.05) is 0 Å². The van der Waals surface area contributed by atoms with E-state index in [-0.39, 0.29) is 18.8 Å². The van der Waals surface area contributed by atoms with Gasteiger partial charge in [0, 0.05) is 6.42 Å². The van der Waals surface area contributed by atoms with Gasteiger partial charge in [-0.05, 0) is 50.0 Å². The molecule has 1 saturated heterocycles. The molecular weight excluding hydrogens is 324 g/mol. The maximum Gasteiger partial charge on any atom is 0.416 e. The lowest BCUT2D eigenvalue weighted by Gasteiger charge is -2.12. The number of halogens is 5. The first-order valence-corrected chi connectivity index (χ1v) is 6.73. The van der Waals surface area contributed by atoms with Gasteiger partial charge in [-0.3, -0.25) is 4.79 Å². The van der Waals surface area contributed by atoms with E-state index in [0.717, 1.165) is 19.5 Å². The number of benzene rings is 1. The molecule has 0 saturated carbocycles. The number of rotatable bonds is 4. The molecule has 1 atom stereocenters. The van der Waals surface area contributed by atoms with Gasteiger partial charge in [0.2, 0.25) is 5.91 Å². The van der Waals surface area contributed by atoms with Crippen molar-refractivity contribution in [2.45, 2.75) is 25.4 Å². The summed E-state index contributed by atoms with van der Waals surface area (Å²) in [5, 5.41) is 5.37. The molecule has 0 aromatic heterocycles. The van der Waals surface area contributed by atoms with E-state index in [1.54, 1.807) is 0 Å². The lowest BCUT2D eigenvalue weighted by atomic mass is 10.0. The van der Waals surface area contributed by atoms with Crippen LogP contribution in [0.4, 0.5) is 23.2 Å². The smallest absolute Gasteiger partial charge is 0.324 e. The Bertz CT molecular complexity index is 516. The van der Waals surface area contributed by atoms with Crippen molar-refractivity contribution >= 4 is 24.0 Å². The fraction of sp³-hybridized carbons (Fsp3) is 0.500. The third kappa shape index (κ3) is 5.14. The molecule has 3 nitrogen and oxygen atoms in total. The summed E-state index contributed by atoms with van der Waals surface area (Å²) in [5.41, 5.74) is -1.42. The van der Waals surface area contributed by atoms with Crippen LogP contribution in [0.15, 0.2) is 18.2 Å². The molecule has 1 unspecified atom stereocenters. The summed E-state index contributed by atoms with van der Waals surface area (Å²) in [6.45, 7) is 1.75. The van der Waals surface area contributed by atoms with Crippen LogP contribution in [0.1, 0.15) is 24.8 Å². The first-order chi connectivity index (χ1) is 9.86. The SMILES string of the molecule is Cl.O=C(CCC1CCNC1)Nc1cc(C(F)(F)F)ccc1F. The standard InChI is InChI=1S/C14H16F4N2O.ClH/c15-11-3-2-10(14(16,17)18)7-12(11)20-13(21)4-1-9-5-6-19-8-9;/h2-3,7,9,19H,1,4-6,8H2,(H,20,21);1H. The molecule has 0 aliphatic carbocycles. The van der Waals surface area contributed by atoms with Crippen LogP contribution in [-0.2, 0) is 11.0 Å². The number of alkyl halides is 3. The summed E-state index contributed by atoms with van der Waals surface area (Å²) >= 11 is 0. The average molecular weight is 341 g/mol. The summed E-state index contributed by atoms with van der Waals surface area (Å²) in [4.78, 5) is 11.7. The predicted molar refractivity (Wildman–Crippen MR) is 77.5 cm³/mol. The normalized spacial score (nSPS) is 17.9. The van der Waals surface area contributed by atoms with E-state index in [1.165, 1.54) is 0 Å². The highest BCUT2D eigenvalue weighted by atomic mass is 35.5. The van der Waals surface area contributed by atoms with Crippen LogP contribution < -0.4 is 10.6 Å². The van der Waals surface area contributed by atoms with Crippen molar-refractivity contribution in [2.24, 2.45) is 5.92 Å². The lowest BCUT2D eigenvalue weighted by molar-refractivity contribution is -0.137. The fourth-order valence-electron chi connectivity index (χ4n) is 2.31. The third-order valence-electron chi connectivity index (χ3n) is 3.51. The minimum absolute atomic E-state index is 0. The molecule has 22 heavy (non-hydrogen) atoms. The number of carbonyl (C=O) groups is 1. The van der Waals surface area contributed by atoms with E-state index >= 15 is 0 Å². The number of carbonyl (C=O) groups excluding carboxylic acids is 1. The number of hydrogen-bond acceptors (Lipinski definition) is 2. The van der Waals surface area contributed by atoms with Crippen LogP contribution in [0.3, 0.4) is 0 Å². The Morgan fingerprint density at radius 3 is 2.68 bits per heavy atom. The van der Waals surface area contributed by atoms with Gasteiger partial charge in [-0.15, -0.1) is 12.4 Å². The third-order valence-corrected chi connectivity index (χ3v) is 3.51. The molecule has 1 amide bonds. The molecule has 1 aromatic rings. The summed E-state index contributed by atoms with van der Waals surface area (Å²) in [6.07, 6.45) is -2.78. The van der Waals surface area contributed by atoms with Gasteiger partial charge >= 0.3 is 6.18 Å². The van der Waals surface area contributed by atoms with Crippen molar-refractivity contribution < 1.29 is 22.4 Å². The second kappa shape index (κ2) is 7.78. The zero-order chi connectivity index (χ0) is 15.5. The second-order valence-corrected chi connectivity index (χ2v) is 5.14. The Morgan fingerprint density at radius 2 is 2.09 bits per heavy atom. The van der Waals surface area contributed by atoms with E-state index in [2.05, 4.69) is 10.6 Å². The van der Waals surface area contributed by atoms with Crippen molar-refractivity contribution in [2.75, 3.05) is 18.4 Å². The van der Waals surface area contributed by atoms with Gasteiger partial charge in [0.05, 0.1) is 11.3 Å². The van der Waals surface area contributed by atoms with Crippen LogP contribution in [0.2, 0.25) is 0 Å². The molecule has 8 heteroatoms. The van der Waals surface area contributed by atoms with Gasteiger partial charge < -0.3 is 10.6 Å². The van der Waals surface area contributed by atoms with Crippen molar-refractivity contribution in [3.8, 4) is 0 Å². The molecule has 124 valence electrons. The quantitative estimate of drug-likeness (QED) is 0.822. The van der Waals surface area contributed by atoms with Gasteiger partial charge in [-0.1, -0.05) is 0 Å². The van der Waals surface area contributed by atoms with Crippen LogP contribution in [-0.4, -0.2) is 19.0 Å². The molecule has 1 heterocycles. The van der Waals surface area contributed by atoms with Crippen molar-refractivity contribution in [1.82, 2.24) is 5.32 Å². The molecule has 1 aliphatic rings. The Labute approximate surface area is 131 Å². The van der Waals surface area contributed by atoms with Gasteiger partial charge in [-0.2, -0.15) is 13.2 Å². The monoisotopic (exact) mass is 340 g/mol. The molecule has 0 radical (unpaired) electrons. The highest BCUT2D eigenvalue weighted by Gasteiger charge is 2.31. The van der Waals surface area contributed by atoms with Crippen LogP contribution in [0, 0.1) is 11.7 Å². The number of nitrogens with one attached hydrogen (secondary N) is 2.